The molecule has 4 N–H and O–H groups in total. The van der Waals surface area contributed by atoms with E-state index in [0.717, 1.165) is 38.8 Å². The average molecular weight is 258 g/mol. The summed E-state index contributed by atoms with van der Waals surface area (Å²) >= 11 is 0. The number of hydrogen-bond acceptors (Lipinski definition) is 2. The third-order valence-corrected chi connectivity index (χ3v) is 2.63. The molecule has 0 radical (unpaired) electrons. The monoisotopic (exact) mass is 258 g/mol. The third-order valence-electron chi connectivity index (χ3n) is 2.63. The second-order valence-electron chi connectivity index (χ2n) is 4.13. The maximum Gasteiger partial charge on any atom is 0.314 e. The van der Waals surface area contributed by atoms with Crippen LogP contribution in [-0.2, 0) is 0 Å². The van der Waals surface area contributed by atoms with Gasteiger partial charge in [-0.05, 0) is 12.8 Å². The number of rotatable bonds is 9. The quantitative estimate of drug-likeness (QED) is 0.468. The molecule has 106 valence electrons. The fourth-order valence-electron chi connectivity index (χ4n) is 1.54. The zero-order valence-corrected chi connectivity index (χ0v) is 11.5. The number of urea groups is 2. The van der Waals surface area contributed by atoms with Gasteiger partial charge in [-0.15, -0.1) is 0 Å². The molecule has 0 unspecified atom stereocenters. The molecule has 0 fully saturated rings. The number of nitrogens with one attached hydrogen (secondary N) is 4. The van der Waals surface area contributed by atoms with Gasteiger partial charge in [-0.3, -0.25) is 0 Å². The Morgan fingerprint density at radius 3 is 1.33 bits per heavy atom. The van der Waals surface area contributed by atoms with Crippen LogP contribution < -0.4 is 21.3 Å². The van der Waals surface area contributed by atoms with Crippen LogP contribution in [0.15, 0.2) is 0 Å². The second kappa shape index (κ2) is 12.0. The van der Waals surface area contributed by atoms with Crippen molar-refractivity contribution in [2.24, 2.45) is 0 Å². The summed E-state index contributed by atoms with van der Waals surface area (Å²) in [6.45, 7) is 1.47. The fourth-order valence-corrected chi connectivity index (χ4v) is 1.54. The van der Waals surface area contributed by atoms with Crippen LogP contribution in [0.5, 0.6) is 0 Å². The number of hydrogen-bond donors (Lipinski definition) is 4. The molecule has 0 heterocycles. The zero-order valence-electron chi connectivity index (χ0n) is 11.5. The lowest BCUT2D eigenvalue weighted by atomic mass is 10.1. The first-order valence-corrected chi connectivity index (χ1v) is 6.62. The van der Waals surface area contributed by atoms with Crippen LogP contribution in [0.4, 0.5) is 9.59 Å². The maximum atomic E-state index is 10.8. The zero-order chi connectivity index (χ0) is 13.6. The van der Waals surface area contributed by atoms with Gasteiger partial charge in [0.1, 0.15) is 0 Å². The molecule has 18 heavy (non-hydrogen) atoms. The Morgan fingerprint density at radius 2 is 1.00 bits per heavy atom. The van der Waals surface area contributed by atoms with Crippen molar-refractivity contribution >= 4 is 12.1 Å². The van der Waals surface area contributed by atoms with E-state index in [1.807, 2.05) is 0 Å². The van der Waals surface area contributed by atoms with Gasteiger partial charge < -0.3 is 21.3 Å². The van der Waals surface area contributed by atoms with Crippen molar-refractivity contribution in [1.29, 1.82) is 0 Å². The first kappa shape index (κ1) is 16.5. The van der Waals surface area contributed by atoms with Gasteiger partial charge >= 0.3 is 12.1 Å². The standard InChI is InChI=1S/C12H26N4O2/c1-13-11(17)15-9-7-5-3-4-6-8-10-16-12(18)14-2/h3-10H2,1-2H3,(H2,13,15,17)(H2,14,16,18). The van der Waals surface area contributed by atoms with E-state index in [-0.39, 0.29) is 12.1 Å². The summed E-state index contributed by atoms with van der Waals surface area (Å²) in [4.78, 5) is 21.7. The molecule has 0 saturated heterocycles. The Morgan fingerprint density at radius 1 is 0.667 bits per heavy atom. The van der Waals surface area contributed by atoms with Crippen LogP contribution in [0.2, 0.25) is 0 Å². The van der Waals surface area contributed by atoms with Crippen molar-refractivity contribution in [2.75, 3.05) is 27.2 Å². The molecule has 0 aliphatic carbocycles. The fraction of sp³-hybridized carbons (Fsp3) is 0.833. The summed E-state index contributed by atoms with van der Waals surface area (Å²) in [6, 6.07) is -0.231. The van der Waals surface area contributed by atoms with Gasteiger partial charge in [0, 0.05) is 27.2 Å². The predicted octanol–water partition coefficient (Wildman–Crippen LogP) is 1.18. The van der Waals surface area contributed by atoms with Crippen molar-refractivity contribution in [3.8, 4) is 0 Å². The molecule has 0 aromatic rings. The molecule has 0 saturated carbocycles. The molecule has 0 aromatic carbocycles. The van der Waals surface area contributed by atoms with E-state index >= 15 is 0 Å². The number of unbranched alkanes of at least 4 members (excludes halogenated alkanes) is 5. The van der Waals surface area contributed by atoms with Crippen molar-refractivity contribution in [2.45, 2.75) is 38.5 Å². The molecular weight excluding hydrogens is 232 g/mol. The molecule has 6 heteroatoms. The highest BCUT2D eigenvalue weighted by Crippen LogP contribution is 2.04. The molecule has 0 rings (SSSR count). The molecule has 0 aromatic heterocycles. The minimum Gasteiger partial charge on any atom is -0.341 e. The first-order chi connectivity index (χ1) is 8.70. The second-order valence-corrected chi connectivity index (χ2v) is 4.13. The topological polar surface area (TPSA) is 82.3 Å². The van der Waals surface area contributed by atoms with Crippen molar-refractivity contribution < 1.29 is 9.59 Å². The van der Waals surface area contributed by atoms with Gasteiger partial charge in [0.15, 0.2) is 0 Å². The molecule has 6 nitrogen and oxygen atoms in total. The van der Waals surface area contributed by atoms with Gasteiger partial charge in [-0.2, -0.15) is 0 Å². The van der Waals surface area contributed by atoms with Crippen LogP contribution >= 0.6 is 0 Å². The van der Waals surface area contributed by atoms with Crippen molar-refractivity contribution in [3.05, 3.63) is 0 Å². The molecule has 0 atom stereocenters. The van der Waals surface area contributed by atoms with Crippen LogP contribution in [-0.4, -0.2) is 39.2 Å². The summed E-state index contributed by atoms with van der Waals surface area (Å²) < 4.78 is 0. The molecular formula is C12H26N4O2. The lowest BCUT2D eigenvalue weighted by Crippen LogP contribution is -2.33. The van der Waals surface area contributed by atoms with Gasteiger partial charge in [0.05, 0.1) is 0 Å². The van der Waals surface area contributed by atoms with E-state index in [0.29, 0.717) is 0 Å². The summed E-state index contributed by atoms with van der Waals surface area (Å²) in [7, 11) is 3.23. The third kappa shape index (κ3) is 11.0. The molecule has 0 bridgehead atoms. The van der Waals surface area contributed by atoms with Crippen molar-refractivity contribution in [3.63, 3.8) is 0 Å². The van der Waals surface area contributed by atoms with E-state index in [1.54, 1.807) is 14.1 Å². The SMILES string of the molecule is CNC(=O)NCCCCCCCCNC(=O)NC. The summed E-state index contributed by atoms with van der Waals surface area (Å²) in [5.41, 5.74) is 0. The van der Waals surface area contributed by atoms with Gasteiger partial charge in [0.2, 0.25) is 0 Å². The Bertz CT molecular complexity index is 210. The normalized spacial score (nSPS) is 9.67. The van der Waals surface area contributed by atoms with Crippen LogP contribution in [0.3, 0.4) is 0 Å². The number of carbonyl (C=O) groups excluding carboxylic acids is 2. The average Bonchev–Trinajstić information content (AvgIpc) is 2.40. The Balaban J connectivity index is 3.07. The molecule has 0 aliphatic rings. The van der Waals surface area contributed by atoms with Crippen LogP contribution in [0.1, 0.15) is 38.5 Å². The summed E-state index contributed by atoms with van der Waals surface area (Å²) in [6.07, 6.45) is 6.65. The highest BCUT2D eigenvalue weighted by Gasteiger charge is 1.96. The lowest BCUT2D eigenvalue weighted by molar-refractivity contribution is 0.241. The number of amides is 4. The summed E-state index contributed by atoms with van der Waals surface area (Å²) in [5, 5.41) is 10.5. The van der Waals surface area contributed by atoms with Crippen LogP contribution in [0, 0.1) is 0 Å². The Hall–Kier alpha value is -1.46. The minimum absolute atomic E-state index is 0.115. The van der Waals surface area contributed by atoms with E-state index in [9.17, 15) is 9.59 Å². The van der Waals surface area contributed by atoms with E-state index in [4.69, 9.17) is 0 Å². The van der Waals surface area contributed by atoms with E-state index in [2.05, 4.69) is 21.3 Å². The van der Waals surface area contributed by atoms with Gasteiger partial charge in [0.25, 0.3) is 0 Å². The van der Waals surface area contributed by atoms with E-state index in [1.165, 1.54) is 12.8 Å². The maximum absolute atomic E-state index is 10.8. The van der Waals surface area contributed by atoms with Gasteiger partial charge in [-0.1, -0.05) is 25.7 Å². The highest BCUT2D eigenvalue weighted by molar-refractivity contribution is 5.73. The minimum atomic E-state index is -0.115. The molecule has 0 aliphatic heterocycles. The number of carbonyl (C=O) groups is 2. The Kier molecular flexibility index (Phi) is 11.0. The van der Waals surface area contributed by atoms with Crippen LogP contribution in [0.25, 0.3) is 0 Å². The predicted molar refractivity (Wildman–Crippen MR) is 72.6 cm³/mol. The molecule has 0 spiro atoms. The largest absolute Gasteiger partial charge is 0.341 e. The Labute approximate surface area is 109 Å². The summed E-state index contributed by atoms with van der Waals surface area (Å²) in [5.74, 6) is 0. The smallest absolute Gasteiger partial charge is 0.314 e. The molecule has 4 amide bonds. The lowest BCUT2D eigenvalue weighted by Gasteiger charge is -2.05. The van der Waals surface area contributed by atoms with Gasteiger partial charge in [-0.25, -0.2) is 9.59 Å². The highest BCUT2D eigenvalue weighted by atomic mass is 16.2. The first-order valence-electron chi connectivity index (χ1n) is 6.62. The van der Waals surface area contributed by atoms with E-state index < -0.39 is 0 Å². The van der Waals surface area contributed by atoms with Crippen molar-refractivity contribution in [1.82, 2.24) is 21.3 Å².